The zero-order valence-electron chi connectivity index (χ0n) is 21.0. The van der Waals surface area contributed by atoms with Crippen LogP contribution >= 0.6 is 0 Å². The quantitative estimate of drug-likeness (QED) is 0.517. The fourth-order valence-corrected chi connectivity index (χ4v) is 4.93. The Morgan fingerprint density at radius 1 is 0.889 bits per heavy atom. The summed E-state index contributed by atoms with van der Waals surface area (Å²) in [4.78, 5) is 28.0. The number of carbonyl (C=O) groups is 2. The largest absolute Gasteiger partial charge is 0.355 e. The van der Waals surface area contributed by atoms with Crippen LogP contribution in [-0.4, -0.2) is 36.3 Å². The number of hydrogen-bond donors (Lipinski definition) is 1. The van der Waals surface area contributed by atoms with E-state index in [4.69, 9.17) is 0 Å². The second-order valence-electron chi connectivity index (χ2n) is 9.74. The highest BCUT2D eigenvalue weighted by Gasteiger charge is 2.37. The molecule has 0 saturated carbocycles. The standard InChI is InChI=1S/C31H33N3O2/c1-23-8-12-25(13-9-23)29(26-14-10-24(2)11-15-26)30(36)33-19-16-28(35)34-20-17-31(22-32,18-21-34)27-6-4-3-5-7-27/h3-15,29H,16-21H2,1-2H3,(H,33,36). The molecule has 3 aromatic rings. The minimum atomic E-state index is -0.540. The summed E-state index contributed by atoms with van der Waals surface area (Å²) in [6.07, 6.45) is 1.48. The highest BCUT2D eigenvalue weighted by atomic mass is 16.2. The number of nitrogens with one attached hydrogen (secondary N) is 1. The van der Waals surface area contributed by atoms with E-state index >= 15 is 0 Å². The monoisotopic (exact) mass is 479 g/mol. The highest BCUT2D eigenvalue weighted by Crippen LogP contribution is 2.35. The van der Waals surface area contributed by atoms with Gasteiger partial charge in [-0.25, -0.2) is 0 Å². The van der Waals surface area contributed by atoms with Crippen molar-refractivity contribution in [2.24, 2.45) is 0 Å². The third-order valence-electron chi connectivity index (χ3n) is 7.23. The Morgan fingerprint density at radius 2 is 1.42 bits per heavy atom. The van der Waals surface area contributed by atoms with Gasteiger partial charge in [0.25, 0.3) is 0 Å². The van der Waals surface area contributed by atoms with Crippen molar-refractivity contribution in [3.8, 4) is 6.07 Å². The first-order valence-corrected chi connectivity index (χ1v) is 12.6. The van der Waals surface area contributed by atoms with Crippen molar-refractivity contribution in [2.45, 2.75) is 44.4 Å². The minimum Gasteiger partial charge on any atom is -0.355 e. The average molecular weight is 480 g/mol. The van der Waals surface area contributed by atoms with E-state index in [0.29, 0.717) is 25.9 Å². The molecule has 0 atom stereocenters. The first-order valence-electron chi connectivity index (χ1n) is 12.6. The summed E-state index contributed by atoms with van der Waals surface area (Å²) in [6, 6.07) is 28.4. The molecule has 1 aliphatic heterocycles. The van der Waals surface area contributed by atoms with Crippen LogP contribution in [-0.2, 0) is 15.0 Å². The SMILES string of the molecule is Cc1ccc(C(C(=O)NCCC(=O)N2CCC(C#N)(c3ccccc3)CC2)c2ccc(C)cc2)cc1. The third-order valence-corrected chi connectivity index (χ3v) is 7.23. The number of hydrogen-bond acceptors (Lipinski definition) is 3. The predicted octanol–water partition coefficient (Wildman–Crippen LogP) is 5.03. The number of carbonyl (C=O) groups excluding carboxylic acids is 2. The number of aryl methyl sites for hydroxylation is 2. The lowest BCUT2D eigenvalue weighted by atomic mass is 9.74. The minimum absolute atomic E-state index is 0.0112. The maximum atomic E-state index is 13.3. The molecule has 1 fully saturated rings. The van der Waals surface area contributed by atoms with Crippen molar-refractivity contribution in [3.05, 3.63) is 107 Å². The maximum Gasteiger partial charge on any atom is 0.232 e. The van der Waals surface area contributed by atoms with E-state index < -0.39 is 11.3 Å². The van der Waals surface area contributed by atoms with E-state index in [-0.39, 0.29) is 24.8 Å². The molecule has 1 aliphatic rings. The first-order chi connectivity index (χ1) is 17.4. The Morgan fingerprint density at radius 3 is 1.92 bits per heavy atom. The fraction of sp³-hybridized carbons (Fsp3) is 0.323. The smallest absolute Gasteiger partial charge is 0.232 e. The van der Waals surface area contributed by atoms with Crippen LogP contribution in [0.4, 0.5) is 0 Å². The van der Waals surface area contributed by atoms with Crippen molar-refractivity contribution < 1.29 is 9.59 Å². The van der Waals surface area contributed by atoms with Gasteiger partial charge in [-0.3, -0.25) is 9.59 Å². The van der Waals surface area contributed by atoms with Gasteiger partial charge in [-0.05, 0) is 43.4 Å². The molecule has 1 N–H and O–H groups in total. The molecule has 184 valence electrons. The second kappa shape index (κ2) is 11.2. The van der Waals surface area contributed by atoms with E-state index in [9.17, 15) is 14.9 Å². The zero-order chi connectivity index (χ0) is 25.5. The molecule has 1 saturated heterocycles. The van der Waals surface area contributed by atoms with Crippen molar-refractivity contribution in [2.75, 3.05) is 19.6 Å². The molecule has 2 amide bonds. The fourth-order valence-electron chi connectivity index (χ4n) is 4.93. The van der Waals surface area contributed by atoms with Crippen molar-refractivity contribution in [1.82, 2.24) is 10.2 Å². The number of amides is 2. The van der Waals surface area contributed by atoms with Gasteiger partial charge >= 0.3 is 0 Å². The summed E-state index contributed by atoms with van der Waals surface area (Å²) in [5, 5.41) is 12.9. The molecular weight excluding hydrogens is 446 g/mol. The summed E-state index contributed by atoms with van der Waals surface area (Å²) in [7, 11) is 0. The van der Waals surface area contributed by atoms with Crippen LogP contribution in [0.1, 0.15) is 53.0 Å². The van der Waals surface area contributed by atoms with Crippen LogP contribution < -0.4 is 5.32 Å². The molecule has 36 heavy (non-hydrogen) atoms. The van der Waals surface area contributed by atoms with Gasteiger partial charge in [0.15, 0.2) is 0 Å². The van der Waals surface area contributed by atoms with E-state index in [2.05, 4.69) is 11.4 Å². The Balaban J connectivity index is 1.35. The number of likely N-dealkylation sites (tertiary alicyclic amines) is 1. The molecule has 4 rings (SSSR count). The Kier molecular flexibility index (Phi) is 7.85. The Bertz CT molecular complexity index is 1170. The molecule has 3 aromatic carbocycles. The lowest BCUT2D eigenvalue weighted by molar-refractivity contribution is -0.132. The van der Waals surface area contributed by atoms with Crippen molar-refractivity contribution in [1.29, 1.82) is 5.26 Å². The average Bonchev–Trinajstić information content (AvgIpc) is 2.91. The lowest BCUT2D eigenvalue weighted by Crippen LogP contribution is -2.45. The van der Waals surface area contributed by atoms with Gasteiger partial charge in [-0.15, -0.1) is 0 Å². The Hall–Kier alpha value is -3.91. The van der Waals surface area contributed by atoms with Crippen LogP contribution in [0.15, 0.2) is 78.9 Å². The summed E-state index contributed by atoms with van der Waals surface area (Å²) in [6.45, 7) is 5.43. The van der Waals surface area contributed by atoms with Gasteiger partial charge in [0, 0.05) is 26.1 Å². The molecule has 5 nitrogen and oxygen atoms in total. The van der Waals surface area contributed by atoms with Gasteiger partial charge in [0.2, 0.25) is 11.8 Å². The van der Waals surface area contributed by atoms with Gasteiger partial charge in [0.05, 0.1) is 17.4 Å². The van der Waals surface area contributed by atoms with Crippen molar-refractivity contribution in [3.63, 3.8) is 0 Å². The van der Waals surface area contributed by atoms with E-state index in [1.807, 2.05) is 97.6 Å². The summed E-state index contributed by atoms with van der Waals surface area (Å²) in [5.74, 6) is -0.530. The normalized spacial score (nSPS) is 14.8. The second-order valence-corrected chi connectivity index (χ2v) is 9.74. The van der Waals surface area contributed by atoms with Gasteiger partial charge in [0.1, 0.15) is 0 Å². The Labute approximate surface area is 213 Å². The molecule has 0 aromatic heterocycles. The van der Waals surface area contributed by atoms with E-state index in [1.165, 1.54) is 0 Å². The topological polar surface area (TPSA) is 73.2 Å². The van der Waals surface area contributed by atoms with E-state index in [1.54, 1.807) is 0 Å². The van der Waals surface area contributed by atoms with Crippen LogP contribution in [0.3, 0.4) is 0 Å². The third kappa shape index (κ3) is 5.66. The predicted molar refractivity (Wildman–Crippen MR) is 141 cm³/mol. The van der Waals surface area contributed by atoms with Crippen LogP contribution in [0.5, 0.6) is 0 Å². The zero-order valence-corrected chi connectivity index (χ0v) is 21.0. The van der Waals surface area contributed by atoms with E-state index in [0.717, 1.165) is 27.8 Å². The van der Waals surface area contributed by atoms with Gasteiger partial charge < -0.3 is 10.2 Å². The highest BCUT2D eigenvalue weighted by molar-refractivity contribution is 5.87. The molecule has 0 unspecified atom stereocenters. The number of rotatable bonds is 7. The van der Waals surface area contributed by atoms with Gasteiger partial charge in [-0.2, -0.15) is 5.26 Å². The molecule has 0 bridgehead atoms. The van der Waals surface area contributed by atoms with Crippen LogP contribution in [0.25, 0.3) is 0 Å². The summed E-state index contributed by atoms with van der Waals surface area (Å²) in [5.41, 5.74) is 4.62. The number of piperidine rings is 1. The molecular formula is C31H33N3O2. The molecule has 0 aliphatic carbocycles. The molecule has 0 spiro atoms. The number of nitrogens with zero attached hydrogens (tertiary/aromatic N) is 2. The molecule has 0 radical (unpaired) electrons. The van der Waals surface area contributed by atoms with Crippen LogP contribution in [0, 0.1) is 25.2 Å². The maximum absolute atomic E-state index is 13.3. The van der Waals surface area contributed by atoms with Crippen LogP contribution in [0.2, 0.25) is 0 Å². The molecule has 5 heteroatoms. The number of nitriles is 1. The summed E-state index contributed by atoms with van der Waals surface area (Å²) >= 11 is 0. The van der Waals surface area contributed by atoms with Gasteiger partial charge in [-0.1, -0.05) is 90.0 Å². The summed E-state index contributed by atoms with van der Waals surface area (Å²) < 4.78 is 0. The van der Waals surface area contributed by atoms with Crippen molar-refractivity contribution >= 4 is 11.8 Å². The molecule has 1 heterocycles. The first kappa shape index (κ1) is 25.2. The number of benzene rings is 3. The lowest BCUT2D eigenvalue weighted by Gasteiger charge is -2.37.